The third kappa shape index (κ3) is 6.44. The molecule has 1 aromatic carbocycles. The summed E-state index contributed by atoms with van der Waals surface area (Å²) in [7, 11) is 0. The summed E-state index contributed by atoms with van der Waals surface area (Å²) >= 11 is 0. The summed E-state index contributed by atoms with van der Waals surface area (Å²) in [6.45, 7) is 10.3. The number of allylic oxidation sites excluding steroid dienone is 1. The molecule has 0 spiro atoms. The first-order chi connectivity index (χ1) is 9.27. The Morgan fingerprint density at radius 2 is 2.00 bits per heavy atom. The van der Waals surface area contributed by atoms with Crippen LogP contribution in [0.4, 0.5) is 0 Å². The minimum Gasteiger partial charge on any atom is -0.491 e. The molecule has 0 unspecified atom stereocenters. The third-order valence-corrected chi connectivity index (χ3v) is 3.02. The summed E-state index contributed by atoms with van der Waals surface area (Å²) in [5, 5.41) is 0. The quantitative estimate of drug-likeness (QED) is 0.569. The molecule has 0 atom stereocenters. The summed E-state index contributed by atoms with van der Waals surface area (Å²) in [5.41, 5.74) is 2.38. The normalized spacial score (nSPS) is 10.4. The first kappa shape index (κ1) is 15.8. The highest BCUT2D eigenvalue weighted by molar-refractivity contribution is 5.64. The van der Waals surface area contributed by atoms with E-state index >= 15 is 0 Å². The van der Waals surface area contributed by atoms with Gasteiger partial charge in [-0.3, -0.25) is 0 Å². The van der Waals surface area contributed by atoms with E-state index < -0.39 is 0 Å². The first-order valence-electron chi connectivity index (χ1n) is 7.26. The smallest absolute Gasteiger partial charge is 0.120 e. The van der Waals surface area contributed by atoms with Crippen LogP contribution in [0.15, 0.2) is 30.8 Å². The highest BCUT2D eigenvalue weighted by atomic mass is 16.5. The average molecular weight is 262 g/mol. The van der Waals surface area contributed by atoms with Gasteiger partial charge < -0.3 is 9.47 Å². The van der Waals surface area contributed by atoms with Crippen molar-refractivity contribution < 1.29 is 9.47 Å². The van der Waals surface area contributed by atoms with Crippen molar-refractivity contribution in [3.8, 4) is 5.75 Å². The third-order valence-electron chi connectivity index (χ3n) is 3.02. The lowest BCUT2D eigenvalue weighted by atomic mass is 10.0. The fourth-order valence-electron chi connectivity index (χ4n) is 1.90. The molecule has 0 aromatic heterocycles. The zero-order valence-electron chi connectivity index (χ0n) is 12.3. The minimum atomic E-state index is 0.597. The van der Waals surface area contributed by atoms with Gasteiger partial charge >= 0.3 is 0 Å². The largest absolute Gasteiger partial charge is 0.491 e. The van der Waals surface area contributed by atoms with Gasteiger partial charge in [0.05, 0.1) is 6.61 Å². The SMILES string of the molecule is C=C(CCCCC)c1cccc(OCCOCC)c1. The minimum absolute atomic E-state index is 0.597. The van der Waals surface area contributed by atoms with Crippen LogP contribution >= 0.6 is 0 Å². The number of ether oxygens (including phenoxy) is 2. The lowest BCUT2D eigenvalue weighted by molar-refractivity contribution is 0.110. The van der Waals surface area contributed by atoms with Crippen molar-refractivity contribution in [2.24, 2.45) is 0 Å². The lowest BCUT2D eigenvalue weighted by Gasteiger charge is -2.10. The Hall–Kier alpha value is -1.28. The molecule has 2 heteroatoms. The van der Waals surface area contributed by atoms with Gasteiger partial charge in [-0.2, -0.15) is 0 Å². The predicted octanol–water partition coefficient (Wildman–Crippen LogP) is 4.70. The van der Waals surface area contributed by atoms with E-state index in [2.05, 4.69) is 25.6 Å². The lowest BCUT2D eigenvalue weighted by Crippen LogP contribution is -2.06. The van der Waals surface area contributed by atoms with Gasteiger partial charge in [-0.1, -0.05) is 38.5 Å². The van der Waals surface area contributed by atoms with Crippen molar-refractivity contribution in [3.63, 3.8) is 0 Å². The van der Waals surface area contributed by atoms with E-state index in [1.165, 1.54) is 30.4 Å². The summed E-state index contributed by atoms with van der Waals surface area (Å²) in [5.74, 6) is 0.897. The molecular weight excluding hydrogens is 236 g/mol. The van der Waals surface area contributed by atoms with Crippen LogP contribution in [0.2, 0.25) is 0 Å². The maximum Gasteiger partial charge on any atom is 0.120 e. The van der Waals surface area contributed by atoms with Gasteiger partial charge in [0.25, 0.3) is 0 Å². The average Bonchev–Trinajstić information content (AvgIpc) is 2.44. The Balaban J connectivity index is 2.44. The highest BCUT2D eigenvalue weighted by Crippen LogP contribution is 2.23. The second-order valence-corrected chi connectivity index (χ2v) is 4.63. The van der Waals surface area contributed by atoms with Crippen molar-refractivity contribution in [1.29, 1.82) is 0 Å². The molecule has 0 fully saturated rings. The van der Waals surface area contributed by atoms with Gasteiger partial charge in [0.15, 0.2) is 0 Å². The van der Waals surface area contributed by atoms with Crippen molar-refractivity contribution in [1.82, 2.24) is 0 Å². The van der Waals surface area contributed by atoms with Gasteiger partial charge in [-0.15, -0.1) is 0 Å². The van der Waals surface area contributed by atoms with Gasteiger partial charge in [0.2, 0.25) is 0 Å². The Labute approximate surface area is 117 Å². The summed E-state index contributed by atoms with van der Waals surface area (Å²) in [6, 6.07) is 8.18. The molecule has 0 saturated carbocycles. The second kappa shape index (κ2) is 9.62. The van der Waals surface area contributed by atoms with Gasteiger partial charge in [0.1, 0.15) is 12.4 Å². The van der Waals surface area contributed by atoms with Crippen LogP contribution in [0, 0.1) is 0 Å². The molecule has 0 amide bonds. The van der Waals surface area contributed by atoms with E-state index in [-0.39, 0.29) is 0 Å². The molecule has 2 nitrogen and oxygen atoms in total. The van der Waals surface area contributed by atoms with Crippen molar-refractivity contribution >= 4 is 5.57 Å². The van der Waals surface area contributed by atoms with Crippen molar-refractivity contribution in [3.05, 3.63) is 36.4 Å². The van der Waals surface area contributed by atoms with Crippen LogP contribution in [0.5, 0.6) is 5.75 Å². The fourth-order valence-corrected chi connectivity index (χ4v) is 1.90. The van der Waals surface area contributed by atoms with Crippen LogP contribution in [0.3, 0.4) is 0 Å². The maximum atomic E-state index is 5.66. The van der Waals surface area contributed by atoms with E-state index in [4.69, 9.17) is 9.47 Å². The molecule has 19 heavy (non-hydrogen) atoms. The van der Waals surface area contributed by atoms with Crippen LogP contribution in [0.1, 0.15) is 45.1 Å². The van der Waals surface area contributed by atoms with E-state index in [1.807, 2.05) is 19.1 Å². The number of hydrogen-bond donors (Lipinski definition) is 0. The van der Waals surface area contributed by atoms with Crippen LogP contribution in [-0.2, 0) is 4.74 Å². The summed E-state index contributed by atoms with van der Waals surface area (Å²) in [6.07, 6.45) is 4.79. The first-order valence-corrected chi connectivity index (χ1v) is 7.26. The van der Waals surface area contributed by atoms with E-state index in [0.717, 1.165) is 18.8 Å². The molecule has 0 saturated heterocycles. The second-order valence-electron chi connectivity index (χ2n) is 4.63. The fraction of sp³-hybridized carbons (Fsp3) is 0.529. The molecule has 0 aliphatic heterocycles. The number of unbranched alkanes of at least 4 members (excludes halogenated alkanes) is 2. The van der Waals surface area contributed by atoms with Gasteiger partial charge in [0, 0.05) is 6.61 Å². The molecule has 0 aliphatic carbocycles. The van der Waals surface area contributed by atoms with Crippen molar-refractivity contribution in [2.75, 3.05) is 19.8 Å². The zero-order chi connectivity index (χ0) is 13.9. The van der Waals surface area contributed by atoms with E-state index in [1.54, 1.807) is 0 Å². The Kier molecular flexibility index (Phi) is 7.99. The Morgan fingerprint density at radius 1 is 1.16 bits per heavy atom. The van der Waals surface area contributed by atoms with Gasteiger partial charge in [-0.25, -0.2) is 0 Å². The standard InChI is InChI=1S/C17H26O2/c1-4-6-7-9-15(3)16-10-8-11-17(14-16)19-13-12-18-5-2/h8,10-11,14H,3-7,9,12-13H2,1-2H3. The summed E-state index contributed by atoms with van der Waals surface area (Å²) < 4.78 is 10.9. The molecule has 106 valence electrons. The molecule has 0 aliphatic rings. The van der Waals surface area contributed by atoms with Crippen LogP contribution in [0.25, 0.3) is 5.57 Å². The molecular formula is C17H26O2. The molecule has 0 bridgehead atoms. The number of benzene rings is 1. The van der Waals surface area contributed by atoms with E-state index in [0.29, 0.717) is 13.2 Å². The number of rotatable bonds is 10. The van der Waals surface area contributed by atoms with Gasteiger partial charge in [-0.05, 0) is 43.0 Å². The van der Waals surface area contributed by atoms with Crippen LogP contribution in [-0.4, -0.2) is 19.8 Å². The van der Waals surface area contributed by atoms with Crippen LogP contribution < -0.4 is 4.74 Å². The molecule has 1 aromatic rings. The molecule has 0 radical (unpaired) electrons. The zero-order valence-corrected chi connectivity index (χ0v) is 12.3. The molecule has 1 rings (SSSR count). The molecule has 0 heterocycles. The predicted molar refractivity (Wildman–Crippen MR) is 81.6 cm³/mol. The van der Waals surface area contributed by atoms with Crippen molar-refractivity contribution in [2.45, 2.75) is 39.5 Å². The Bertz CT molecular complexity index is 371. The monoisotopic (exact) mass is 262 g/mol. The topological polar surface area (TPSA) is 18.5 Å². The Morgan fingerprint density at radius 3 is 2.74 bits per heavy atom. The highest BCUT2D eigenvalue weighted by Gasteiger charge is 2.01. The van der Waals surface area contributed by atoms with E-state index in [9.17, 15) is 0 Å². The maximum absolute atomic E-state index is 5.66. The molecule has 0 N–H and O–H groups in total. The number of hydrogen-bond acceptors (Lipinski definition) is 2. The summed E-state index contributed by atoms with van der Waals surface area (Å²) in [4.78, 5) is 0.